The number of furan rings is 1. The van der Waals surface area contributed by atoms with Gasteiger partial charge in [0.2, 0.25) is 0 Å². The van der Waals surface area contributed by atoms with Crippen LogP contribution >= 0.6 is 24.2 Å². The number of carbonyl (C=O) groups excluding carboxylic acids is 1. The predicted molar refractivity (Wildman–Crippen MR) is 122 cm³/mol. The van der Waals surface area contributed by atoms with Gasteiger partial charge in [-0.2, -0.15) is 5.26 Å². The number of nitrogens with zero attached hydrogens (tertiary/aromatic N) is 2. The molecule has 1 N–H and O–H groups in total. The fraction of sp³-hybridized carbons (Fsp3) is 0.130. The molecule has 2 aromatic carbocycles. The molecule has 0 bridgehead atoms. The van der Waals surface area contributed by atoms with Gasteiger partial charge in [0.1, 0.15) is 28.9 Å². The topological polar surface area (TPSA) is 78.5 Å². The first-order valence-corrected chi connectivity index (χ1v) is 10.4. The van der Waals surface area contributed by atoms with E-state index in [2.05, 4.69) is 17.9 Å². The highest BCUT2D eigenvalue weighted by atomic mass is 35.5. The summed E-state index contributed by atoms with van der Waals surface area (Å²) >= 11 is 10.8. The van der Waals surface area contributed by atoms with Gasteiger partial charge in [0.25, 0.3) is 5.91 Å². The van der Waals surface area contributed by atoms with Crippen LogP contribution in [-0.2, 0) is 4.79 Å². The van der Waals surface area contributed by atoms with E-state index in [0.29, 0.717) is 34.6 Å². The van der Waals surface area contributed by atoms with Gasteiger partial charge in [0, 0.05) is 11.3 Å². The smallest absolute Gasteiger partial charge is 0.266 e. The summed E-state index contributed by atoms with van der Waals surface area (Å²) in [6, 6.07) is 20.1. The Labute approximate surface area is 190 Å². The zero-order chi connectivity index (χ0) is 22.0. The zero-order valence-corrected chi connectivity index (χ0v) is 18.2. The molecule has 1 aliphatic heterocycles. The molecular formula is C23H18ClN3O3S. The third kappa shape index (κ3) is 4.00. The number of hydrogen-bond donors (Lipinski definition) is 2. The van der Waals surface area contributed by atoms with Crippen molar-refractivity contribution in [1.82, 2.24) is 5.32 Å². The number of hydrogen-bond acceptors (Lipinski definition) is 6. The number of amides is 1. The van der Waals surface area contributed by atoms with Gasteiger partial charge in [-0.05, 0) is 55.5 Å². The highest BCUT2D eigenvalue weighted by Gasteiger charge is 2.35. The Morgan fingerprint density at radius 3 is 2.61 bits per heavy atom. The molecule has 6 nitrogen and oxygen atoms in total. The molecule has 8 heteroatoms. The molecule has 1 amide bonds. The molecule has 0 saturated carbocycles. The zero-order valence-electron chi connectivity index (χ0n) is 16.5. The Balaban J connectivity index is 1.77. The lowest BCUT2D eigenvalue weighted by Gasteiger charge is -2.36. The van der Waals surface area contributed by atoms with Gasteiger partial charge in [-0.25, -0.2) is 0 Å². The van der Waals surface area contributed by atoms with Crippen LogP contribution in [0.4, 0.5) is 5.69 Å². The molecule has 31 heavy (non-hydrogen) atoms. The number of nitrogens with one attached hydrogen (secondary N) is 1. The van der Waals surface area contributed by atoms with Crippen molar-refractivity contribution in [3.63, 3.8) is 0 Å². The minimum atomic E-state index is -0.703. The fourth-order valence-electron chi connectivity index (χ4n) is 3.35. The Bertz CT molecular complexity index is 1200. The summed E-state index contributed by atoms with van der Waals surface area (Å²) in [6.07, 6.45) is -0.703. The number of halogens is 1. The molecule has 1 unspecified atom stereocenters. The van der Waals surface area contributed by atoms with E-state index in [4.69, 9.17) is 20.8 Å². The highest BCUT2D eigenvalue weighted by molar-refractivity contribution is 7.84. The second-order valence-electron chi connectivity index (χ2n) is 6.67. The average molecular weight is 452 g/mol. The maximum Gasteiger partial charge on any atom is 0.266 e. The maximum absolute atomic E-state index is 12.5. The Morgan fingerprint density at radius 2 is 1.94 bits per heavy atom. The predicted octanol–water partition coefficient (Wildman–Crippen LogP) is 5.30. The summed E-state index contributed by atoms with van der Waals surface area (Å²) in [4.78, 5) is 14.2. The van der Waals surface area contributed by atoms with Crippen LogP contribution in [-0.4, -0.2) is 12.5 Å². The van der Waals surface area contributed by atoms with Crippen molar-refractivity contribution in [3.8, 4) is 23.1 Å². The van der Waals surface area contributed by atoms with Crippen LogP contribution in [0.25, 0.3) is 11.3 Å². The van der Waals surface area contributed by atoms with Crippen molar-refractivity contribution in [3.05, 3.63) is 82.0 Å². The standard InChI is InChI=1S/C23H18ClN3O3S/c1-2-29-15-9-7-14(8-10-15)27-21(26-22(28)17(13-25)23(27)31)20-12-11-19(30-20)16-5-3-4-6-18(16)24/h3-12,21,31H,2H2,1H3,(H,26,28). The van der Waals surface area contributed by atoms with Crippen LogP contribution in [0.15, 0.2) is 75.7 Å². The number of benzene rings is 2. The summed E-state index contributed by atoms with van der Waals surface area (Å²) in [5, 5.41) is 13.1. The van der Waals surface area contributed by atoms with Crippen LogP contribution in [0.5, 0.6) is 5.75 Å². The van der Waals surface area contributed by atoms with Gasteiger partial charge in [-0.15, -0.1) is 12.6 Å². The van der Waals surface area contributed by atoms with Crippen LogP contribution in [0.3, 0.4) is 0 Å². The maximum atomic E-state index is 12.5. The molecule has 0 spiro atoms. The molecule has 0 fully saturated rings. The lowest BCUT2D eigenvalue weighted by Crippen LogP contribution is -2.45. The summed E-state index contributed by atoms with van der Waals surface area (Å²) < 4.78 is 11.6. The van der Waals surface area contributed by atoms with Crippen LogP contribution in [0.1, 0.15) is 18.8 Å². The molecule has 1 aliphatic rings. The van der Waals surface area contributed by atoms with Gasteiger partial charge in [-0.3, -0.25) is 4.79 Å². The van der Waals surface area contributed by atoms with E-state index in [0.717, 1.165) is 5.56 Å². The van der Waals surface area contributed by atoms with Crippen LogP contribution < -0.4 is 15.0 Å². The molecule has 2 heterocycles. The molecule has 0 radical (unpaired) electrons. The van der Waals surface area contributed by atoms with E-state index < -0.39 is 12.1 Å². The third-order valence-electron chi connectivity index (χ3n) is 4.78. The molecule has 0 saturated heterocycles. The SMILES string of the molecule is CCOc1ccc(N2C(S)=C(C#N)C(=O)NC2c2ccc(-c3ccccc3Cl)o2)cc1. The Kier molecular flexibility index (Phi) is 5.94. The first-order valence-electron chi connectivity index (χ1n) is 9.54. The summed E-state index contributed by atoms with van der Waals surface area (Å²) in [7, 11) is 0. The minimum absolute atomic E-state index is 0.0775. The summed E-state index contributed by atoms with van der Waals surface area (Å²) in [5.74, 6) is 1.24. The number of rotatable bonds is 5. The molecule has 4 rings (SSSR count). The molecular weight excluding hydrogens is 434 g/mol. The lowest BCUT2D eigenvalue weighted by atomic mass is 10.1. The number of ether oxygens (including phenoxy) is 1. The second kappa shape index (κ2) is 8.80. The average Bonchev–Trinajstić information content (AvgIpc) is 3.25. The van der Waals surface area contributed by atoms with E-state index >= 15 is 0 Å². The van der Waals surface area contributed by atoms with Crippen molar-refractivity contribution < 1.29 is 13.9 Å². The number of carbonyl (C=O) groups is 1. The molecule has 0 aliphatic carbocycles. The van der Waals surface area contributed by atoms with E-state index in [-0.39, 0.29) is 10.6 Å². The molecule has 1 aromatic heterocycles. The highest BCUT2D eigenvalue weighted by Crippen LogP contribution is 2.38. The van der Waals surface area contributed by atoms with Crippen molar-refractivity contribution in [2.75, 3.05) is 11.5 Å². The number of thiol groups is 1. The third-order valence-corrected chi connectivity index (χ3v) is 5.55. The first-order chi connectivity index (χ1) is 15.0. The normalized spacial score (nSPS) is 16.1. The Hall–Kier alpha value is -3.34. The molecule has 3 aromatic rings. The fourth-order valence-corrected chi connectivity index (χ4v) is 3.96. The Morgan fingerprint density at radius 1 is 1.19 bits per heavy atom. The monoisotopic (exact) mass is 451 g/mol. The second-order valence-corrected chi connectivity index (χ2v) is 7.50. The van der Waals surface area contributed by atoms with Gasteiger partial charge in [0.15, 0.2) is 6.17 Å². The van der Waals surface area contributed by atoms with E-state index in [1.54, 1.807) is 23.1 Å². The first kappa shape index (κ1) is 20.9. The molecule has 156 valence electrons. The van der Waals surface area contributed by atoms with E-state index in [1.807, 2.05) is 55.5 Å². The van der Waals surface area contributed by atoms with Gasteiger partial charge in [-0.1, -0.05) is 23.7 Å². The van der Waals surface area contributed by atoms with Crippen LogP contribution in [0.2, 0.25) is 5.02 Å². The van der Waals surface area contributed by atoms with Crippen molar-refractivity contribution in [1.29, 1.82) is 5.26 Å². The summed E-state index contributed by atoms with van der Waals surface area (Å²) in [6.45, 7) is 2.46. The van der Waals surface area contributed by atoms with Gasteiger partial charge in [0.05, 0.1) is 16.7 Å². The van der Waals surface area contributed by atoms with E-state index in [9.17, 15) is 10.1 Å². The van der Waals surface area contributed by atoms with Crippen molar-refractivity contribution in [2.24, 2.45) is 0 Å². The minimum Gasteiger partial charge on any atom is -0.494 e. The van der Waals surface area contributed by atoms with Gasteiger partial charge >= 0.3 is 0 Å². The quantitative estimate of drug-likeness (QED) is 0.515. The van der Waals surface area contributed by atoms with Crippen molar-refractivity contribution in [2.45, 2.75) is 13.1 Å². The van der Waals surface area contributed by atoms with Crippen molar-refractivity contribution >= 4 is 35.8 Å². The summed E-state index contributed by atoms with van der Waals surface area (Å²) in [5.41, 5.74) is 1.37. The van der Waals surface area contributed by atoms with Crippen LogP contribution in [0, 0.1) is 11.3 Å². The number of nitriles is 1. The van der Waals surface area contributed by atoms with E-state index in [1.165, 1.54) is 0 Å². The largest absolute Gasteiger partial charge is 0.494 e. The molecule has 1 atom stereocenters. The number of anilines is 1. The van der Waals surface area contributed by atoms with Gasteiger partial charge < -0.3 is 19.4 Å². The lowest BCUT2D eigenvalue weighted by molar-refractivity contribution is -0.118.